The molecule has 1 aliphatic heterocycles. The van der Waals surface area contributed by atoms with Crippen LogP contribution in [-0.2, 0) is 6.54 Å². The quantitative estimate of drug-likeness (QED) is 0.319. The summed E-state index contributed by atoms with van der Waals surface area (Å²) in [6.45, 7) is 4.12. The molecule has 8 nitrogen and oxygen atoms in total. The lowest BCUT2D eigenvalue weighted by Gasteiger charge is -2.38. The molecule has 1 N–H and O–H groups in total. The smallest absolute Gasteiger partial charge is 0.203 e. The Bertz CT molecular complexity index is 876. The molecule has 0 atom stereocenters. The molecule has 2 aromatic rings. The predicted molar refractivity (Wildman–Crippen MR) is 138 cm³/mol. The van der Waals surface area contributed by atoms with Gasteiger partial charge in [-0.1, -0.05) is 12.1 Å². The molecule has 0 spiro atoms. The Kier molecular flexibility index (Phi) is 10.0. The molecule has 0 aliphatic carbocycles. The van der Waals surface area contributed by atoms with E-state index >= 15 is 0 Å². The van der Waals surface area contributed by atoms with Gasteiger partial charge in [-0.25, -0.2) is 0 Å². The molecular formula is C23H33IN4O4. The molecule has 0 saturated carbocycles. The lowest BCUT2D eigenvalue weighted by atomic mass is 10.1. The normalized spacial score (nSPS) is 13.8. The summed E-state index contributed by atoms with van der Waals surface area (Å²) < 4.78 is 21.8. The Morgan fingerprint density at radius 3 is 2.00 bits per heavy atom. The Morgan fingerprint density at radius 1 is 0.875 bits per heavy atom. The highest BCUT2D eigenvalue weighted by molar-refractivity contribution is 14.0. The predicted octanol–water partition coefficient (Wildman–Crippen LogP) is 3.24. The van der Waals surface area contributed by atoms with Crippen molar-refractivity contribution in [2.75, 3.05) is 66.6 Å². The summed E-state index contributed by atoms with van der Waals surface area (Å²) in [4.78, 5) is 9.10. The van der Waals surface area contributed by atoms with Crippen LogP contribution in [0.25, 0.3) is 0 Å². The van der Waals surface area contributed by atoms with Crippen molar-refractivity contribution in [2.24, 2.45) is 4.99 Å². The maximum Gasteiger partial charge on any atom is 0.203 e. The molecular weight excluding hydrogens is 523 g/mol. The van der Waals surface area contributed by atoms with Crippen molar-refractivity contribution >= 4 is 35.6 Å². The van der Waals surface area contributed by atoms with Crippen LogP contribution in [0.1, 0.15) is 5.56 Å². The summed E-state index contributed by atoms with van der Waals surface area (Å²) in [5.74, 6) is 3.64. The van der Waals surface area contributed by atoms with Gasteiger partial charge in [-0.15, -0.1) is 24.0 Å². The monoisotopic (exact) mass is 556 g/mol. The van der Waals surface area contributed by atoms with Gasteiger partial charge in [0.05, 0.1) is 34.1 Å². The molecule has 0 unspecified atom stereocenters. The van der Waals surface area contributed by atoms with E-state index in [0.29, 0.717) is 23.8 Å². The van der Waals surface area contributed by atoms with Gasteiger partial charge in [0.2, 0.25) is 5.75 Å². The van der Waals surface area contributed by atoms with Crippen molar-refractivity contribution < 1.29 is 18.9 Å². The maximum absolute atomic E-state index is 5.52. The third-order valence-corrected chi connectivity index (χ3v) is 5.39. The zero-order valence-corrected chi connectivity index (χ0v) is 21.7. The second kappa shape index (κ2) is 12.5. The van der Waals surface area contributed by atoms with E-state index in [9.17, 15) is 0 Å². The SMILES string of the molecule is CN=C(NCc1cc(OC)c(OC)c(OC)c1)N1CCN(c2ccccc2OC)CC1.I. The molecule has 0 radical (unpaired) electrons. The number of halogens is 1. The number of hydrogen-bond donors (Lipinski definition) is 1. The van der Waals surface area contributed by atoms with Crippen molar-refractivity contribution in [3.8, 4) is 23.0 Å². The summed E-state index contributed by atoms with van der Waals surface area (Å²) in [6, 6.07) is 12.0. The molecule has 0 amide bonds. The first-order valence-corrected chi connectivity index (χ1v) is 10.3. The van der Waals surface area contributed by atoms with Gasteiger partial charge < -0.3 is 34.1 Å². The van der Waals surface area contributed by atoms with Crippen LogP contribution < -0.4 is 29.2 Å². The van der Waals surface area contributed by atoms with Crippen LogP contribution in [0, 0.1) is 0 Å². The molecule has 2 aromatic carbocycles. The van der Waals surface area contributed by atoms with Gasteiger partial charge in [-0.2, -0.15) is 0 Å². The van der Waals surface area contributed by atoms with Gasteiger partial charge in [0.1, 0.15) is 5.75 Å². The minimum absolute atomic E-state index is 0. The summed E-state index contributed by atoms with van der Waals surface area (Å²) in [5.41, 5.74) is 2.15. The fraction of sp³-hybridized carbons (Fsp3) is 0.435. The lowest BCUT2D eigenvalue weighted by Crippen LogP contribution is -2.52. The Morgan fingerprint density at radius 2 is 1.47 bits per heavy atom. The van der Waals surface area contributed by atoms with Gasteiger partial charge in [0.15, 0.2) is 17.5 Å². The second-order valence-corrected chi connectivity index (χ2v) is 7.08. The zero-order valence-electron chi connectivity index (χ0n) is 19.4. The topological polar surface area (TPSA) is 67.8 Å². The molecule has 1 heterocycles. The van der Waals surface area contributed by atoms with E-state index < -0.39 is 0 Å². The summed E-state index contributed by atoms with van der Waals surface area (Å²) in [6.07, 6.45) is 0. The number of piperazine rings is 1. The van der Waals surface area contributed by atoms with E-state index in [4.69, 9.17) is 18.9 Å². The molecule has 1 fully saturated rings. The minimum Gasteiger partial charge on any atom is -0.495 e. The standard InChI is InChI=1S/C23H32N4O4.HI/c1-24-23(25-16-17-14-20(29-3)22(31-5)21(15-17)30-4)27-12-10-26(11-13-27)18-8-6-7-9-19(18)28-2;/h6-9,14-15H,10-13,16H2,1-5H3,(H,24,25);1H. The highest BCUT2D eigenvalue weighted by atomic mass is 127. The van der Waals surface area contributed by atoms with Gasteiger partial charge >= 0.3 is 0 Å². The largest absolute Gasteiger partial charge is 0.495 e. The zero-order chi connectivity index (χ0) is 22.2. The van der Waals surface area contributed by atoms with Crippen LogP contribution in [0.15, 0.2) is 41.4 Å². The van der Waals surface area contributed by atoms with Crippen LogP contribution in [0.3, 0.4) is 0 Å². The van der Waals surface area contributed by atoms with E-state index in [2.05, 4.69) is 26.2 Å². The number of benzene rings is 2. The molecule has 1 saturated heterocycles. The number of methoxy groups -OCH3 is 4. The van der Waals surface area contributed by atoms with Crippen LogP contribution in [0.2, 0.25) is 0 Å². The Hall–Kier alpha value is -2.56. The molecule has 32 heavy (non-hydrogen) atoms. The Balaban J connectivity index is 0.00000363. The number of guanidine groups is 1. The van der Waals surface area contributed by atoms with Crippen molar-refractivity contribution in [1.29, 1.82) is 0 Å². The van der Waals surface area contributed by atoms with Crippen LogP contribution in [0.4, 0.5) is 5.69 Å². The molecule has 1 aliphatic rings. The number of anilines is 1. The first-order valence-electron chi connectivity index (χ1n) is 10.3. The number of rotatable bonds is 7. The molecule has 176 valence electrons. The number of nitrogens with zero attached hydrogens (tertiary/aromatic N) is 3. The van der Waals surface area contributed by atoms with Gasteiger partial charge in [0.25, 0.3) is 0 Å². The van der Waals surface area contributed by atoms with Crippen LogP contribution in [0.5, 0.6) is 23.0 Å². The first-order chi connectivity index (χ1) is 15.1. The third-order valence-electron chi connectivity index (χ3n) is 5.39. The second-order valence-electron chi connectivity index (χ2n) is 7.08. The number of aliphatic imine (C=N–C) groups is 1. The van der Waals surface area contributed by atoms with Gasteiger partial charge in [-0.05, 0) is 29.8 Å². The maximum atomic E-state index is 5.52. The number of hydrogen-bond acceptors (Lipinski definition) is 6. The molecule has 3 rings (SSSR count). The minimum atomic E-state index is 0. The van der Waals surface area contributed by atoms with Crippen molar-refractivity contribution in [3.05, 3.63) is 42.0 Å². The fourth-order valence-electron chi connectivity index (χ4n) is 3.80. The Labute approximate surface area is 207 Å². The lowest BCUT2D eigenvalue weighted by molar-refractivity contribution is 0.323. The van der Waals surface area contributed by atoms with E-state index in [1.807, 2.05) is 37.4 Å². The van der Waals surface area contributed by atoms with E-state index in [1.54, 1.807) is 28.4 Å². The van der Waals surface area contributed by atoms with E-state index in [-0.39, 0.29) is 24.0 Å². The first kappa shape index (κ1) is 25.7. The number of nitrogens with one attached hydrogen (secondary N) is 1. The molecule has 0 aromatic heterocycles. The summed E-state index contributed by atoms with van der Waals surface area (Å²) >= 11 is 0. The van der Waals surface area contributed by atoms with Crippen molar-refractivity contribution in [3.63, 3.8) is 0 Å². The third kappa shape index (κ3) is 5.81. The average molecular weight is 556 g/mol. The van der Waals surface area contributed by atoms with Gasteiger partial charge in [-0.3, -0.25) is 4.99 Å². The number of para-hydroxylation sites is 2. The highest BCUT2D eigenvalue weighted by Crippen LogP contribution is 2.38. The molecule has 0 bridgehead atoms. The fourth-order valence-corrected chi connectivity index (χ4v) is 3.80. The average Bonchev–Trinajstić information content (AvgIpc) is 2.84. The summed E-state index contributed by atoms with van der Waals surface area (Å²) in [5, 5.41) is 3.45. The van der Waals surface area contributed by atoms with Crippen molar-refractivity contribution in [1.82, 2.24) is 10.2 Å². The summed E-state index contributed by atoms with van der Waals surface area (Å²) in [7, 11) is 8.36. The van der Waals surface area contributed by atoms with Crippen molar-refractivity contribution in [2.45, 2.75) is 6.54 Å². The van der Waals surface area contributed by atoms with E-state index in [1.165, 1.54) is 0 Å². The molecule has 9 heteroatoms. The van der Waals surface area contributed by atoms with Crippen LogP contribution >= 0.6 is 24.0 Å². The van der Waals surface area contributed by atoms with Gasteiger partial charge in [0, 0.05) is 39.8 Å². The van der Waals surface area contributed by atoms with Crippen LogP contribution in [-0.4, -0.2) is 72.5 Å². The number of ether oxygens (including phenoxy) is 4. The van der Waals surface area contributed by atoms with E-state index in [0.717, 1.165) is 49.1 Å². The highest BCUT2D eigenvalue weighted by Gasteiger charge is 2.22.